The van der Waals surface area contributed by atoms with Crippen molar-refractivity contribution in [2.45, 2.75) is 25.7 Å². The van der Waals surface area contributed by atoms with E-state index in [2.05, 4.69) is 15.2 Å². The van der Waals surface area contributed by atoms with Crippen molar-refractivity contribution in [1.82, 2.24) is 15.2 Å². The fraction of sp³-hybridized carbons (Fsp3) is 0.476. The third kappa shape index (κ3) is 5.14. The van der Waals surface area contributed by atoms with Gasteiger partial charge >= 0.3 is 5.63 Å². The number of carbonyl (C=O) groups is 1. The van der Waals surface area contributed by atoms with Crippen LogP contribution in [-0.4, -0.2) is 55.1 Å². The highest BCUT2D eigenvalue weighted by Gasteiger charge is 2.28. The van der Waals surface area contributed by atoms with E-state index in [0.29, 0.717) is 37.5 Å². The highest BCUT2D eigenvalue weighted by molar-refractivity contribution is 5.95. The fourth-order valence-corrected chi connectivity index (χ4v) is 4.05. The summed E-state index contributed by atoms with van der Waals surface area (Å²) in [6, 6.07) is 5.80. The Labute approximate surface area is 188 Å². The number of nitrogens with zero attached hydrogens (tertiary/aromatic N) is 3. The van der Waals surface area contributed by atoms with Crippen molar-refractivity contribution >= 4 is 36.4 Å². The molecule has 164 valence electrons. The number of aryl methyl sites for hydroxylation is 1. The third-order valence-corrected chi connectivity index (χ3v) is 5.66. The molecule has 2 aromatic rings. The molecule has 2 saturated heterocycles. The summed E-state index contributed by atoms with van der Waals surface area (Å²) in [4.78, 5) is 33.7. The van der Waals surface area contributed by atoms with Crippen LogP contribution in [0.4, 0.5) is 5.69 Å². The SMILES string of the molecule is Cc1cc(C2CCCNC2)oc(=O)c1C(=O)N1CCN(c2cccnc2)CC1.Cl.Cl. The van der Waals surface area contributed by atoms with Crippen LogP contribution in [0.2, 0.25) is 0 Å². The van der Waals surface area contributed by atoms with E-state index >= 15 is 0 Å². The lowest BCUT2D eigenvalue weighted by molar-refractivity contribution is 0.0740. The Morgan fingerprint density at radius 1 is 1.23 bits per heavy atom. The second-order valence-corrected chi connectivity index (χ2v) is 7.53. The molecule has 4 heterocycles. The molecule has 0 aliphatic carbocycles. The number of rotatable bonds is 3. The smallest absolute Gasteiger partial charge is 0.349 e. The molecule has 1 amide bonds. The van der Waals surface area contributed by atoms with Crippen molar-refractivity contribution in [3.63, 3.8) is 0 Å². The molecule has 30 heavy (non-hydrogen) atoms. The first-order valence-corrected chi connectivity index (χ1v) is 9.93. The molecule has 2 aliphatic heterocycles. The normalized spacial score (nSPS) is 18.9. The second kappa shape index (κ2) is 10.8. The van der Waals surface area contributed by atoms with E-state index in [1.54, 1.807) is 11.1 Å². The van der Waals surface area contributed by atoms with Crippen molar-refractivity contribution in [2.24, 2.45) is 0 Å². The topological polar surface area (TPSA) is 78.7 Å². The van der Waals surface area contributed by atoms with Crippen LogP contribution >= 0.6 is 24.8 Å². The Hall–Kier alpha value is -2.09. The highest BCUT2D eigenvalue weighted by Crippen LogP contribution is 2.24. The van der Waals surface area contributed by atoms with Crippen LogP contribution in [0.15, 0.2) is 39.8 Å². The van der Waals surface area contributed by atoms with Crippen LogP contribution in [0.3, 0.4) is 0 Å². The molecular formula is C21H28Cl2N4O3. The van der Waals surface area contributed by atoms with E-state index in [1.807, 2.05) is 31.3 Å². The summed E-state index contributed by atoms with van der Waals surface area (Å²) in [6.07, 6.45) is 5.64. The summed E-state index contributed by atoms with van der Waals surface area (Å²) in [7, 11) is 0. The van der Waals surface area contributed by atoms with Gasteiger partial charge in [0, 0.05) is 44.8 Å². The average molecular weight is 455 g/mol. The quantitative estimate of drug-likeness (QED) is 0.767. The van der Waals surface area contributed by atoms with Crippen molar-refractivity contribution in [3.05, 3.63) is 57.9 Å². The summed E-state index contributed by atoms with van der Waals surface area (Å²) in [5.41, 5.74) is 1.41. The first-order chi connectivity index (χ1) is 13.6. The number of aromatic nitrogens is 1. The Balaban J connectivity index is 0.00000160. The molecule has 0 spiro atoms. The Morgan fingerprint density at radius 2 is 2.00 bits per heavy atom. The molecule has 9 heteroatoms. The molecule has 0 aromatic carbocycles. The zero-order valence-electron chi connectivity index (χ0n) is 17.0. The van der Waals surface area contributed by atoms with E-state index in [-0.39, 0.29) is 42.2 Å². The van der Waals surface area contributed by atoms with Crippen LogP contribution < -0.4 is 15.8 Å². The zero-order valence-corrected chi connectivity index (χ0v) is 18.6. The number of piperidine rings is 1. The Bertz CT molecular complexity index is 893. The van der Waals surface area contributed by atoms with Crippen LogP contribution in [0, 0.1) is 6.92 Å². The van der Waals surface area contributed by atoms with Gasteiger partial charge in [0.05, 0.1) is 11.9 Å². The molecule has 1 unspecified atom stereocenters. The van der Waals surface area contributed by atoms with Gasteiger partial charge < -0.3 is 19.5 Å². The van der Waals surface area contributed by atoms with Gasteiger partial charge in [-0.3, -0.25) is 9.78 Å². The number of amides is 1. The number of nitrogens with one attached hydrogen (secondary N) is 1. The van der Waals surface area contributed by atoms with Crippen molar-refractivity contribution in [1.29, 1.82) is 0 Å². The zero-order chi connectivity index (χ0) is 19.5. The van der Waals surface area contributed by atoms with E-state index in [9.17, 15) is 9.59 Å². The minimum absolute atomic E-state index is 0. The van der Waals surface area contributed by atoms with Gasteiger partial charge in [-0.1, -0.05) is 0 Å². The van der Waals surface area contributed by atoms with E-state index in [4.69, 9.17) is 4.42 Å². The number of pyridine rings is 1. The second-order valence-electron chi connectivity index (χ2n) is 7.53. The third-order valence-electron chi connectivity index (χ3n) is 5.66. The predicted molar refractivity (Wildman–Crippen MR) is 121 cm³/mol. The van der Waals surface area contributed by atoms with Crippen molar-refractivity contribution in [3.8, 4) is 0 Å². The molecule has 0 radical (unpaired) electrons. The molecule has 0 bridgehead atoms. The molecule has 2 aromatic heterocycles. The lowest BCUT2D eigenvalue weighted by atomic mass is 9.95. The molecule has 4 rings (SSSR count). The number of carbonyl (C=O) groups excluding carboxylic acids is 1. The van der Waals surface area contributed by atoms with Gasteiger partial charge in [-0.15, -0.1) is 24.8 Å². The number of hydrogen-bond acceptors (Lipinski definition) is 6. The van der Waals surface area contributed by atoms with Crippen molar-refractivity contribution < 1.29 is 9.21 Å². The van der Waals surface area contributed by atoms with Crippen LogP contribution in [0.1, 0.15) is 40.4 Å². The maximum Gasteiger partial charge on any atom is 0.349 e. The maximum atomic E-state index is 13.0. The molecule has 2 fully saturated rings. The van der Waals surface area contributed by atoms with Gasteiger partial charge in [-0.25, -0.2) is 4.79 Å². The molecule has 7 nitrogen and oxygen atoms in total. The van der Waals surface area contributed by atoms with Gasteiger partial charge in [-0.05, 0) is 50.1 Å². The number of anilines is 1. The minimum atomic E-state index is -0.514. The summed E-state index contributed by atoms with van der Waals surface area (Å²) in [5.74, 6) is 0.658. The molecular weight excluding hydrogens is 427 g/mol. The molecule has 1 N–H and O–H groups in total. The number of piperazine rings is 1. The average Bonchev–Trinajstić information content (AvgIpc) is 2.74. The van der Waals surface area contributed by atoms with Gasteiger partial charge in [0.1, 0.15) is 11.3 Å². The highest BCUT2D eigenvalue weighted by atomic mass is 35.5. The molecule has 1 atom stereocenters. The Morgan fingerprint density at radius 3 is 2.60 bits per heavy atom. The van der Waals surface area contributed by atoms with Gasteiger partial charge in [0.15, 0.2) is 0 Å². The van der Waals surface area contributed by atoms with E-state index < -0.39 is 5.63 Å². The van der Waals surface area contributed by atoms with Crippen LogP contribution in [-0.2, 0) is 0 Å². The van der Waals surface area contributed by atoms with Crippen LogP contribution in [0.5, 0.6) is 0 Å². The maximum absolute atomic E-state index is 13.0. The summed E-state index contributed by atoms with van der Waals surface area (Å²) < 4.78 is 5.57. The predicted octanol–water partition coefficient (Wildman–Crippen LogP) is 2.62. The molecule has 2 aliphatic rings. The summed E-state index contributed by atoms with van der Waals surface area (Å²) >= 11 is 0. The standard InChI is InChI=1S/C21H26N4O3.2ClH/c1-15-12-18(16-4-2-6-22-13-16)28-21(27)19(15)20(26)25-10-8-24(9-11-25)17-5-3-7-23-14-17;;/h3,5,7,12,14,16,22H,2,4,6,8-11,13H2,1H3;2*1H. The monoisotopic (exact) mass is 454 g/mol. The minimum Gasteiger partial charge on any atom is -0.427 e. The largest absolute Gasteiger partial charge is 0.427 e. The van der Waals surface area contributed by atoms with Gasteiger partial charge in [0.2, 0.25) is 0 Å². The van der Waals surface area contributed by atoms with Crippen LogP contribution in [0.25, 0.3) is 0 Å². The number of halogens is 2. The molecule has 0 saturated carbocycles. The number of hydrogen-bond donors (Lipinski definition) is 1. The first kappa shape index (κ1) is 24.2. The van der Waals surface area contributed by atoms with Gasteiger partial charge in [0.25, 0.3) is 5.91 Å². The van der Waals surface area contributed by atoms with Gasteiger partial charge in [-0.2, -0.15) is 0 Å². The first-order valence-electron chi connectivity index (χ1n) is 9.93. The fourth-order valence-electron chi connectivity index (χ4n) is 4.05. The Kier molecular flexibility index (Phi) is 8.70. The lowest BCUT2D eigenvalue weighted by Gasteiger charge is -2.36. The van der Waals surface area contributed by atoms with E-state index in [1.165, 1.54) is 0 Å². The summed E-state index contributed by atoms with van der Waals surface area (Å²) in [5, 5.41) is 3.33. The summed E-state index contributed by atoms with van der Waals surface area (Å²) in [6.45, 7) is 6.21. The van der Waals surface area contributed by atoms with Crippen molar-refractivity contribution in [2.75, 3.05) is 44.2 Å². The lowest BCUT2D eigenvalue weighted by Crippen LogP contribution is -2.49. The van der Waals surface area contributed by atoms with E-state index in [0.717, 1.165) is 31.6 Å².